The van der Waals surface area contributed by atoms with Gasteiger partial charge in [-0.25, -0.2) is 21.9 Å². The van der Waals surface area contributed by atoms with Crippen molar-refractivity contribution in [2.45, 2.75) is 18.6 Å². The zero-order valence-corrected chi connectivity index (χ0v) is 18.4. The Kier molecular flexibility index (Phi) is 7.30. The molecule has 10 heteroatoms. The second kappa shape index (κ2) is 9.76. The van der Waals surface area contributed by atoms with E-state index >= 15 is 0 Å². The van der Waals surface area contributed by atoms with Gasteiger partial charge in [0.25, 0.3) is 0 Å². The number of piperidine rings is 1. The second-order valence-corrected chi connectivity index (χ2v) is 9.63. The van der Waals surface area contributed by atoms with E-state index in [1.165, 1.54) is 47.8 Å². The molecule has 1 aliphatic rings. The van der Waals surface area contributed by atoms with Crippen molar-refractivity contribution in [2.75, 3.05) is 25.5 Å². The molecule has 0 bridgehead atoms. The van der Waals surface area contributed by atoms with Gasteiger partial charge < -0.3 is 10.1 Å². The molecule has 1 heterocycles. The van der Waals surface area contributed by atoms with Crippen LogP contribution in [0, 0.1) is 11.7 Å². The molecule has 1 N–H and O–H groups in total. The van der Waals surface area contributed by atoms with Gasteiger partial charge in [0.2, 0.25) is 15.9 Å². The smallest absolute Gasteiger partial charge is 0.339 e. The molecule has 0 aromatic heterocycles. The summed E-state index contributed by atoms with van der Waals surface area (Å²) in [6, 6.07) is 9.74. The molecular formula is C21H22ClFN2O5S. The topological polar surface area (TPSA) is 92.8 Å². The Labute approximate surface area is 185 Å². The predicted octanol–water partition coefficient (Wildman–Crippen LogP) is 3.45. The van der Waals surface area contributed by atoms with Gasteiger partial charge in [0.05, 0.1) is 29.4 Å². The Morgan fingerprint density at radius 3 is 2.61 bits per heavy atom. The summed E-state index contributed by atoms with van der Waals surface area (Å²) < 4.78 is 44.6. The third kappa shape index (κ3) is 5.81. The molecule has 2 aromatic carbocycles. The number of nitrogens with zero attached hydrogens (tertiary/aromatic N) is 1. The third-order valence-electron chi connectivity index (χ3n) is 5.05. The lowest BCUT2D eigenvalue weighted by Crippen LogP contribution is -2.44. The number of hydrogen-bond donors (Lipinski definition) is 1. The second-order valence-electron chi connectivity index (χ2n) is 7.26. The fourth-order valence-corrected chi connectivity index (χ4v) is 5.21. The Bertz CT molecular complexity index is 1080. The summed E-state index contributed by atoms with van der Waals surface area (Å²) in [7, 11) is -2.43. The Morgan fingerprint density at radius 1 is 1.23 bits per heavy atom. The molecule has 2 aromatic rings. The van der Waals surface area contributed by atoms with Gasteiger partial charge >= 0.3 is 5.97 Å². The number of anilines is 1. The summed E-state index contributed by atoms with van der Waals surface area (Å²) in [5.74, 6) is -2.22. The fraction of sp³-hybridized carbons (Fsp3) is 0.333. The van der Waals surface area contributed by atoms with Gasteiger partial charge in [-0.1, -0.05) is 23.7 Å². The largest absolute Gasteiger partial charge is 0.465 e. The highest BCUT2D eigenvalue weighted by Crippen LogP contribution is 2.25. The average Bonchev–Trinajstić information content (AvgIpc) is 2.76. The lowest BCUT2D eigenvalue weighted by atomic mass is 9.98. The van der Waals surface area contributed by atoms with Crippen LogP contribution in [0.4, 0.5) is 10.1 Å². The first-order valence-electron chi connectivity index (χ1n) is 9.60. The van der Waals surface area contributed by atoms with E-state index in [1.54, 1.807) is 6.07 Å². The molecule has 0 unspecified atom stereocenters. The van der Waals surface area contributed by atoms with Gasteiger partial charge in [-0.3, -0.25) is 4.79 Å². The Balaban J connectivity index is 1.68. The van der Waals surface area contributed by atoms with Crippen LogP contribution < -0.4 is 5.32 Å². The first-order chi connectivity index (χ1) is 14.7. The van der Waals surface area contributed by atoms with Crippen molar-refractivity contribution in [3.8, 4) is 0 Å². The van der Waals surface area contributed by atoms with Crippen LogP contribution in [-0.2, 0) is 25.3 Å². The number of amides is 1. The zero-order valence-electron chi connectivity index (χ0n) is 16.8. The van der Waals surface area contributed by atoms with Gasteiger partial charge in [-0.2, -0.15) is 0 Å². The lowest BCUT2D eigenvalue weighted by molar-refractivity contribution is -0.120. The van der Waals surface area contributed by atoms with Gasteiger partial charge in [0, 0.05) is 18.8 Å². The summed E-state index contributed by atoms with van der Waals surface area (Å²) in [5.41, 5.74) is 0.958. The molecule has 1 fully saturated rings. The number of ether oxygens (including phenoxy) is 1. The van der Waals surface area contributed by atoms with Crippen LogP contribution in [0.1, 0.15) is 28.8 Å². The van der Waals surface area contributed by atoms with Crippen LogP contribution in [0.5, 0.6) is 0 Å². The summed E-state index contributed by atoms with van der Waals surface area (Å²) in [6.45, 7) is 0.369. The van der Waals surface area contributed by atoms with Gasteiger partial charge in [-0.05, 0) is 48.7 Å². The quantitative estimate of drug-likeness (QED) is 0.655. The molecule has 0 aliphatic carbocycles. The standard InChI is InChI=1S/C21H22ClFN2O5S/c1-30-21(27)18-11-17(8-9-19(18)22)24-20(26)15-3-2-10-25(12-15)31(28,29)13-14-4-6-16(23)7-5-14/h4-9,11,15H,2-3,10,12-13H2,1H3,(H,24,26)/t15-/m0/s1. The molecule has 0 saturated carbocycles. The monoisotopic (exact) mass is 468 g/mol. The maximum atomic E-state index is 13.1. The van der Waals surface area contributed by atoms with E-state index in [1.807, 2.05) is 0 Å². The van der Waals surface area contributed by atoms with E-state index in [0.29, 0.717) is 30.6 Å². The maximum Gasteiger partial charge on any atom is 0.339 e. The average molecular weight is 469 g/mol. The molecule has 1 saturated heterocycles. The number of carbonyl (C=O) groups excluding carboxylic acids is 2. The first kappa shape index (κ1) is 23.2. The first-order valence-corrected chi connectivity index (χ1v) is 11.6. The van der Waals surface area contributed by atoms with Crippen LogP contribution in [0.2, 0.25) is 5.02 Å². The predicted molar refractivity (Wildman–Crippen MR) is 115 cm³/mol. The molecule has 1 atom stereocenters. The Hall–Kier alpha value is -2.49. The van der Waals surface area contributed by atoms with Crippen molar-refractivity contribution in [3.05, 3.63) is 64.4 Å². The summed E-state index contributed by atoms with van der Waals surface area (Å²) in [5, 5.41) is 2.91. The van der Waals surface area contributed by atoms with Crippen molar-refractivity contribution in [3.63, 3.8) is 0 Å². The maximum absolute atomic E-state index is 13.1. The number of esters is 1. The number of nitrogens with one attached hydrogen (secondary N) is 1. The molecule has 7 nitrogen and oxygen atoms in total. The van der Waals surface area contributed by atoms with Gasteiger partial charge in [0.1, 0.15) is 5.82 Å². The van der Waals surface area contributed by atoms with Crippen LogP contribution in [-0.4, -0.2) is 44.8 Å². The molecule has 1 amide bonds. The summed E-state index contributed by atoms with van der Waals surface area (Å²) >= 11 is 5.99. The molecule has 3 rings (SSSR count). The number of methoxy groups -OCH3 is 1. The van der Waals surface area contributed by atoms with E-state index in [0.717, 1.165) is 0 Å². The van der Waals surface area contributed by atoms with Crippen molar-refractivity contribution < 1.29 is 27.1 Å². The lowest BCUT2D eigenvalue weighted by Gasteiger charge is -2.31. The molecule has 166 valence electrons. The molecule has 1 aliphatic heterocycles. The molecule has 31 heavy (non-hydrogen) atoms. The van der Waals surface area contributed by atoms with Crippen LogP contribution in [0.25, 0.3) is 0 Å². The molecule has 0 radical (unpaired) electrons. The highest BCUT2D eigenvalue weighted by atomic mass is 35.5. The highest BCUT2D eigenvalue weighted by Gasteiger charge is 2.32. The SMILES string of the molecule is COC(=O)c1cc(NC(=O)[C@H]2CCCN(S(=O)(=O)Cc3ccc(F)cc3)C2)ccc1Cl. The number of benzene rings is 2. The minimum atomic E-state index is -3.66. The minimum Gasteiger partial charge on any atom is -0.465 e. The van der Waals surface area contributed by atoms with Crippen LogP contribution in [0.15, 0.2) is 42.5 Å². The van der Waals surface area contributed by atoms with Crippen molar-refractivity contribution in [1.82, 2.24) is 4.31 Å². The number of rotatable bonds is 6. The van der Waals surface area contributed by atoms with Crippen molar-refractivity contribution >= 4 is 39.2 Å². The summed E-state index contributed by atoms with van der Waals surface area (Å²) in [6.07, 6.45) is 1.07. The third-order valence-corrected chi connectivity index (χ3v) is 7.20. The number of halogens is 2. The minimum absolute atomic E-state index is 0.0484. The molecule has 0 spiro atoms. The van der Waals surface area contributed by atoms with Crippen LogP contribution >= 0.6 is 11.6 Å². The van der Waals surface area contributed by atoms with E-state index in [-0.39, 0.29) is 28.8 Å². The van der Waals surface area contributed by atoms with E-state index in [9.17, 15) is 22.4 Å². The fourth-order valence-electron chi connectivity index (χ4n) is 3.41. The van der Waals surface area contributed by atoms with Crippen molar-refractivity contribution in [2.24, 2.45) is 5.92 Å². The normalized spacial score (nSPS) is 17.2. The number of carbonyl (C=O) groups is 2. The van der Waals surface area contributed by atoms with E-state index in [4.69, 9.17) is 11.6 Å². The zero-order chi connectivity index (χ0) is 22.6. The number of hydrogen-bond acceptors (Lipinski definition) is 5. The van der Waals surface area contributed by atoms with Crippen molar-refractivity contribution in [1.29, 1.82) is 0 Å². The van der Waals surface area contributed by atoms with E-state index < -0.39 is 27.7 Å². The van der Waals surface area contributed by atoms with Crippen LogP contribution in [0.3, 0.4) is 0 Å². The van der Waals surface area contributed by atoms with Gasteiger partial charge in [0.15, 0.2) is 0 Å². The Morgan fingerprint density at radius 2 is 1.94 bits per heavy atom. The highest BCUT2D eigenvalue weighted by molar-refractivity contribution is 7.88. The molecular weight excluding hydrogens is 447 g/mol. The van der Waals surface area contributed by atoms with Gasteiger partial charge in [-0.15, -0.1) is 0 Å². The number of sulfonamides is 1. The van der Waals surface area contributed by atoms with E-state index in [2.05, 4.69) is 10.1 Å². The summed E-state index contributed by atoms with van der Waals surface area (Å²) in [4.78, 5) is 24.5.